The van der Waals surface area contributed by atoms with E-state index >= 15 is 0 Å². The van der Waals surface area contributed by atoms with Crippen molar-refractivity contribution >= 4 is 16.0 Å². The van der Waals surface area contributed by atoms with Gasteiger partial charge in [0.1, 0.15) is 17.3 Å². The highest BCUT2D eigenvalue weighted by molar-refractivity contribution is 7.89. The van der Waals surface area contributed by atoms with Gasteiger partial charge in [-0.2, -0.15) is 4.31 Å². The maximum absolute atomic E-state index is 13.2. The lowest BCUT2D eigenvalue weighted by atomic mass is 9.84. The molecule has 0 aliphatic carbocycles. The highest BCUT2D eigenvalue weighted by Crippen LogP contribution is 2.30. The minimum atomic E-state index is -3.84. The topological polar surface area (TPSA) is 82.1 Å². The van der Waals surface area contributed by atoms with Crippen molar-refractivity contribution < 1.29 is 27.4 Å². The second-order valence-corrected chi connectivity index (χ2v) is 11.2. The molecule has 0 unspecified atom stereocenters. The van der Waals surface area contributed by atoms with Crippen molar-refractivity contribution in [3.63, 3.8) is 0 Å². The van der Waals surface area contributed by atoms with Crippen molar-refractivity contribution in [2.24, 2.45) is 0 Å². The van der Waals surface area contributed by atoms with Crippen molar-refractivity contribution in [3.8, 4) is 5.75 Å². The first-order valence-electron chi connectivity index (χ1n) is 11.0. The van der Waals surface area contributed by atoms with Gasteiger partial charge < -0.3 is 14.2 Å². The molecular weight excluding hydrogens is 442 g/mol. The van der Waals surface area contributed by atoms with Gasteiger partial charge in [-0.3, -0.25) is 0 Å². The van der Waals surface area contributed by atoms with E-state index in [0.29, 0.717) is 13.2 Å². The molecule has 1 saturated heterocycles. The summed E-state index contributed by atoms with van der Waals surface area (Å²) >= 11 is 0. The molecule has 180 valence electrons. The first-order valence-corrected chi connectivity index (χ1v) is 12.4. The maximum atomic E-state index is 13.2. The summed E-state index contributed by atoms with van der Waals surface area (Å²) in [5.41, 5.74) is 4.46. The number of hydrogen-bond donors (Lipinski definition) is 0. The predicted octanol–water partition coefficient (Wildman–Crippen LogP) is 3.99. The molecule has 0 spiro atoms. The van der Waals surface area contributed by atoms with Crippen LogP contribution in [0.4, 0.5) is 0 Å². The third kappa shape index (κ3) is 5.57. The van der Waals surface area contributed by atoms with Gasteiger partial charge in [0.05, 0.1) is 25.9 Å². The first kappa shape index (κ1) is 25.2. The van der Waals surface area contributed by atoms with Gasteiger partial charge in [-0.15, -0.1) is 0 Å². The van der Waals surface area contributed by atoms with Gasteiger partial charge in [0, 0.05) is 13.1 Å². The Morgan fingerprint density at radius 2 is 1.67 bits per heavy atom. The van der Waals surface area contributed by atoms with Gasteiger partial charge in [0.15, 0.2) is 0 Å². The van der Waals surface area contributed by atoms with E-state index in [4.69, 9.17) is 14.2 Å². The van der Waals surface area contributed by atoms with Gasteiger partial charge >= 0.3 is 5.97 Å². The van der Waals surface area contributed by atoms with Gasteiger partial charge in [0.2, 0.25) is 10.0 Å². The van der Waals surface area contributed by atoms with Crippen molar-refractivity contribution in [2.75, 3.05) is 33.4 Å². The number of aryl methyl sites for hydroxylation is 2. The fourth-order valence-corrected chi connectivity index (χ4v) is 5.40. The summed E-state index contributed by atoms with van der Waals surface area (Å²) < 4.78 is 43.8. The lowest BCUT2D eigenvalue weighted by molar-refractivity contribution is 0.0471. The molecule has 7 nitrogen and oxygen atoms in total. The van der Waals surface area contributed by atoms with Crippen LogP contribution in [0.15, 0.2) is 35.2 Å². The number of carbonyl (C=O) groups excluding carboxylic acids is 1. The van der Waals surface area contributed by atoms with Gasteiger partial charge in [-0.25, -0.2) is 13.2 Å². The van der Waals surface area contributed by atoms with Crippen LogP contribution in [0, 0.1) is 13.8 Å². The predicted molar refractivity (Wildman–Crippen MR) is 126 cm³/mol. The first-order chi connectivity index (χ1) is 15.4. The SMILES string of the molecule is COc1ccc(C(=O)OCc2c(C)cc(C(C)(C)C)cc2C)cc1S(=O)(=O)N1CCOCC1. The smallest absolute Gasteiger partial charge is 0.338 e. The van der Waals surface area contributed by atoms with Crippen LogP contribution in [-0.4, -0.2) is 52.1 Å². The molecule has 0 N–H and O–H groups in total. The Hall–Kier alpha value is -2.42. The molecule has 0 saturated carbocycles. The quantitative estimate of drug-likeness (QED) is 0.588. The Bertz CT molecular complexity index is 1110. The van der Waals surface area contributed by atoms with E-state index in [2.05, 4.69) is 32.9 Å². The minimum absolute atomic E-state index is 0.0240. The number of nitrogens with zero attached hydrogens (tertiary/aromatic N) is 1. The molecule has 0 bridgehead atoms. The van der Waals surface area contributed by atoms with E-state index < -0.39 is 16.0 Å². The number of hydrogen-bond acceptors (Lipinski definition) is 6. The normalized spacial score (nSPS) is 15.3. The average Bonchev–Trinajstić information content (AvgIpc) is 2.77. The van der Waals surface area contributed by atoms with Crippen molar-refractivity contribution in [2.45, 2.75) is 51.5 Å². The zero-order chi connectivity index (χ0) is 24.4. The van der Waals surface area contributed by atoms with Crippen LogP contribution in [0.1, 0.15) is 53.4 Å². The van der Waals surface area contributed by atoms with Crippen LogP contribution in [0.5, 0.6) is 5.75 Å². The molecule has 2 aromatic carbocycles. The second-order valence-electron chi connectivity index (χ2n) is 9.30. The number of esters is 1. The summed E-state index contributed by atoms with van der Waals surface area (Å²) in [7, 11) is -2.44. The fraction of sp³-hybridized carbons (Fsp3) is 0.480. The summed E-state index contributed by atoms with van der Waals surface area (Å²) in [5.74, 6) is -0.405. The van der Waals surface area contributed by atoms with Gasteiger partial charge in [-0.1, -0.05) is 32.9 Å². The highest BCUT2D eigenvalue weighted by Gasteiger charge is 2.30. The number of ether oxygens (including phenoxy) is 3. The van der Waals surface area contributed by atoms with Gasteiger partial charge in [-0.05, 0) is 59.7 Å². The van der Waals surface area contributed by atoms with E-state index in [1.165, 1.54) is 35.2 Å². The molecule has 1 heterocycles. The molecular formula is C25H33NO6S. The summed E-state index contributed by atoms with van der Waals surface area (Å²) in [4.78, 5) is 12.8. The maximum Gasteiger partial charge on any atom is 0.338 e. The molecule has 0 radical (unpaired) electrons. The van der Waals surface area contributed by atoms with E-state index in [9.17, 15) is 13.2 Å². The Labute approximate surface area is 196 Å². The third-order valence-electron chi connectivity index (χ3n) is 5.90. The number of carbonyl (C=O) groups is 1. The number of rotatable bonds is 6. The minimum Gasteiger partial charge on any atom is -0.495 e. The zero-order valence-electron chi connectivity index (χ0n) is 20.2. The molecule has 3 rings (SSSR count). The van der Waals surface area contributed by atoms with E-state index in [0.717, 1.165) is 16.7 Å². The molecule has 1 aliphatic rings. The summed E-state index contributed by atoms with van der Waals surface area (Å²) in [5, 5.41) is 0. The molecule has 8 heteroatoms. The van der Waals surface area contributed by atoms with Crippen molar-refractivity contribution in [1.82, 2.24) is 4.31 Å². The number of morpholine rings is 1. The Morgan fingerprint density at radius 1 is 1.06 bits per heavy atom. The fourth-order valence-electron chi connectivity index (χ4n) is 3.81. The van der Waals surface area contributed by atoms with E-state index in [1.807, 2.05) is 13.8 Å². The van der Waals surface area contributed by atoms with Crippen LogP contribution >= 0.6 is 0 Å². The van der Waals surface area contributed by atoms with Crippen LogP contribution in [0.3, 0.4) is 0 Å². The Kier molecular flexibility index (Phi) is 7.51. The average molecular weight is 476 g/mol. The van der Waals surface area contributed by atoms with E-state index in [-0.39, 0.29) is 41.3 Å². The summed E-state index contributed by atoms with van der Waals surface area (Å²) in [6.07, 6.45) is 0. The highest BCUT2D eigenvalue weighted by atomic mass is 32.2. The second kappa shape index (κ2) is 9.83. The Balaban J connectivity index is 1.83. The number of methoxy groups -OCH3 is 1. The Morgan fingerprint density at radius 3 is 2.21 bits per heavy atom. The monoisotopic (exact) mass is 475 g/mol. The van der Waals surface area contributed by atoms with Crippen LogP contribution in [0.2, 0.25) is 0 Å². The molecule has 1 aliphatic heterocycles. The standard InChI is InChI=1S/C25H33NO6S/c1-17-13-20(25(3,4)5)14-18(2)21(17)16-32-24(27)19-7-8-22(30-6)23(15-19)33(28,29)26-9-11-31-12-10-26/h7-8,13-15H,9-12,16H2,1-6H3. The third-order valence-corrected chi connectivity index (χ3v) is 7.82. The van der Waals surface area contributed by atoms with E-state index in [1.54, 1.807) is 0 Å². The van der Waals surface area contributed by atoms with Crippen molar-refractivity contribution in [3.05, 3.63) is 58.1 Å². The van der Waals surface area contributed by atoms with Gasteiger partial charge in [0.25, 0.3) is 0 Å². The van der Waals surface area contributed by atoms with Crippen LogP contribution in [-0.2, 0) is 31.5 Å². The molecule has 0 atom stereocenters. The summed E-state index contributed by atoms with van der Waals surface area (Å²) in [6, 6.07) is 8.57. The number of sulfonamides is 1. The molecule has 2 aromatic rings. The molecule has 0 amide bonds. The molecule has 1 fully saturated rings. The van der Waals surface area contributed by atoms with Crippen LogP contribution in [0.25, 0.3) is 0 Å². The largest absolute Gasteiger partial charge is 0.495 e. The summed E-state index contributed by atoms with van der Waals surface area (Å²) in [6.45, 7) is 11.8. The number of benzene rings is 2. The lowest BCUT2D eigenvalue weighted by Gasteiger charge is -2.26. The van der Waals surface area contributed by atoms with Crippen molar-refractivity contribution in [1.29, 1.82) is 0 Å². The lowest BCUT2D eigenvalue weighted by Crippen LogP contribution is -2.40. The molecule has 0 aromatic heterocycles. The zero-order valence-corrected chi connectivity index (χ0v) is 21.0. The molecule has 33 heavy (non-hydrogen) atoms. The van der Waals surface area contributed by atoms with Crippen LogP contribution < -0.4 is 4.74 Å².